The van der Waals surface area contributed by atoms with Gasteiger partial charge in [0.15, 0.2) is 0 Å². The summed E-state index contributed by atoms with van der Waals surface area (Å²) >= 11 is 0. The fraction of sp³-hybridized carbons (Fsp3) is 0.500. The van der Waals surface area contributed by atoms with E-state index in [9.17, 15) is 14.2 Å². The van der Waals surface area contributed by atoms with Gasteiger partial charge in [0.05, 0.1) is 25.3 Å². The lowest BCUT2D eigenvalue weighted by Crippen LogP contribution is -2.38. The number of carbonyl (C=O) groups excluding carboxylic acids is 2. The van der Waals surface area contributed by atoms with E-state index in [1.54, 1.807) is 0 Å². The number of carbonyl (C=O) groups is 2. The van der Waals surface area contributed by atoms with E-state index in [1.165, 1.54) is 0 Å². The van der Waals surface area contributed by atoms with E-state index >= 15 is 0 Å². The van der Waals surface area contributed by atoms with Crippen LogP contribution in [-0.4, -0.2) is 37.5 Å². The van der Waals surface area contributed by atoms with Crippen molar-refractivity contribution in [3.05, 3.63) is 71.8 Å². The molecule has 0 spiro atoms. The molecule has 210 valence electrons. The van der Waals surface area contributed by atoms with Crippen LogP contribution >= 0.6 is 8.25 Å². The molecule has 0 bridgehead atoms. The van der Waals surface area contributed by atoms with Gasteiger partial charge in [-0.05, 0) is 24.0 Å². The second-order valence-electron chi connectivity index (χ2n) is 8.96. The summed E-state index contributed by atoms with van der Waals surface area (Å²) in [6.07, 6.45) is 3.79. The van der Waals surface area contributed by atoms with Crippen molar-refractivity contribution in [1.82, 2.24) is 10.6 Å². The highest BCUT2D eigenvalue weighted by atomic mass is 31.1. The van der Waals surface area contributed by atoms with Gasteiger partial charge in [0.2, 0.25) is 0 Å². The topological polar surface area (TPSA) is 112 Å². The minimum Gasteiger partial charge on any atom is -0.445 e. The smallest absolute Gasteiger partial charge is 0.407 e. The number of alkyl carbamates (subject to hydrolysis) is 2. The maximum absolute atomic E-state index is 12.4. The number of unbranched alkanes of at least 4 members (excludes halogenated alkanes) is 2. The highest BCUT2D eigenvalue weighted by Crippen LogP contribution is 2.25. The van der Waals surface area contributed by atoms with Crippen LogP contribution in [0, 0.1) is 0 Å². The Hall–Kier alpha value is -2.87. The molecule has 38 heavy (non-hydrogen) atoms. The van der Waals surface area contributed by atoms with Gasteiger partial charge < -0.3 is 29.2 Å². The Morgan fingerprint density at radius 3 is 1.47 bits per heavy atom. The molecule has 2 amide bonds. The van der Waals surface area contributed by atoms with Crippen molar-refractivity contribution in [3.8, 4) is 0 Å². The molecule has 2 aromatic rings. The fourth-order valence-electron chi connectivity index (χ4n) is 3.54. The largest absolute Gasteiger partial charge is 0.445 e. The summed E-state index contributed by atoms with van der Waals surface area (Å²) in [6.45, 7) is 4.48. The van der Waals surface area contributed by atoms with E-state index in [1.807, 2.05) is 74.5 Å². The second-order valence-corrected chi connectivity index (χ2v) is 10.0. The quantitative estimate of drug-likeness (QED) is 0.208. The predicted molar refractivity (Wildman–Crippen MR) is 147 cm³/mol. The Morgan fingerprint density at radius 1 is 0.711 bits per heavy atom. The highest BCUT2D eigenvalue weighted by Gasteiger charge is 2.18. The van der Waals surface area contributed by atoms with Crippen molar-refractivity contribution in [1.29, 1.82) is 0 Å². The van der Waals surface area contributed by atoms with Gasteiger partial charge in [-0.1, -0.05) is 100 Å². The van der Waals surface area contributed by atoms with E-state index in [0.29, 0.717) is 12.8 Å². The second kappa shape index (κ2) is 19.2. The van der Waals surface area contributed by atoms with Gasteiger partial charge >= 0.3 is 20.4 Å². The minimum atomic E-state index is -2.84. The fourth-order valence-corrected chi connectivity index (χ4v) is 4.30. The van der Waals surface area contributed by atoms with Gasteiger partial charge in [-0.3, -0.25) is 4.57 Å². The third-order valence-corrected chi connectivity index (χ3v) is 6.49. The first-order valence-electron chi connectivity index (χ1n) is 13.2. The number of hydrogen-bond acceptors (Lipinski definition) is 7. The number of hydrogen-bond donors (Lipinski definition) is 2. The molecule has 0 aliphatic heterocycles. The molecule has 0 saturated carbocycles. The molecule has 2 aromatic carbocycles. The first-order valence-corrected chi connectivity index (χ1v) is 14.5. The van der Waals surface area contributed by atoms with E-state index in [4.69, 9.17) is 18.5 Å². The number of rotatable bonds is 18. The lowest BCUT2D eigenvalue weighted by atomic mass is 10.1. The van der Waals surface area contributed by atoms with Crippen LogP contribution in [0.2, 0.25) is 0 Å². The van der Waals surface area contributed by atoms with Crippen LogP contribution in [0.5, 0.6) is 0 Å². The standard InChI is InChI=1S/C28H41N2O7P/c1-3-5-17-25(29-27(31)34-19-23-13-9-7-10-14-23)21-36-38(33)37-22-26(18-6-4-2)30-28(32)35-20-24-15-11-8-12-16-24/h7-16,25-26,38H,3-6,17-22H2,1-2H3,(H,29,31)(H,30,32)/t25-,26-/m1/s1. The molecule has 10 heteroatoms. The zero-order chi connectivity index (χ0) is 27.4. The summed E-state index contributed by atoms with van der Waals surface area (Å²) in [5, 5.41) is 5.57. The molecule has 0 saturated heterocycles. The monoisotopic (exact) mass is 548 g/mol. The van der Waals surface area contributed by atoms with E-state index in [0.717, 1.165) is 36.8 Å². The molecule has 0 aromatic heterocycles. The van der Waals surface area contributed by atoms with Gasteiger partial charge in [-0.15, -0.1) is 0 Å². The summed E-state index contributed by atoms with van der Waals surface area (Å²) in [6, 6.07) is 18.1. The lowest BCUT2D eigenvalue weighted by Gasteiger charge is -2.20. The van der Waals surface area contributed by atoms with Crippen molar-refractivity contribution in [2.24, 2.45) is 0 Å². The number of nitrogens with one attached hydrogen (secondary N) is 2. The molecule has 0 heterocycles. The Balaban J connectivity index is 1.75. The molecule has 0 aliphatic carbocycles. The van der Waals surface area contributed by atoms with Crippen molar-refractivity contribution in [3.63, 3.8) is 0 Å². The number of ether oxygens (including phenoxy) is 2. The van der Waals surface area contributed by atoms with Crippen LogP contribution in [0.4, 0.5) is 9.59 Å². The van der Waals surface area contributed by atoms with Crippen LogP contribution in [0.25, 0.3) is 0 Å². The van der Waals surface area contributed by atoms with Crippen LogP contribution < -0.4 is 10.6 Å². The summed E-state index contributed by atoms with van der Waals surface area (Å²) in [5.74, 6) is 0. The minimum absolute atomic E-state index is 0.0321. The Kier molecular flexibility index (Phi) is 15.9. The van der Waals surface area contributed by atoms with Crippen LogP contribution in [-0.2, 0) is 36.3 Å². The first-order chi connectivity index (χ1) is 18.5. The predicted octanol–water partition coefficient (Wildman–Crippen LogP) is 6.38. The van der Waals surface area contributed by atoms with E-state index < -0.39 is 20.4 Å². The Labute approximate surface area is 226 Å². The summed E-state index contributed by atoms with van der Waals surface area (Å²) in [5.41, 5.74) is 1.77. The molecule has 9 nitrogen and oxygen atoms in total. The zero-order valence-corrected chi connectivity index (χ0v) is 23.4. The van der Waals surface area contributed by atoms with Crippen LogP contribution in [0.15, 0.2) is 60.7 Å². The summed E-state index contributed by atoms with van der Waals surface area (Å²) in [4.78, 5) is 24.5. The molecule has 2 N–H and O–H groups in total. The Morgan fingerprint density at radius 2 is 1.11 bits per heavy atom. The SMILES string of the molecule is CCCC[C@H](CO[PH](=O)OC[C@@H](CCCC)NC(=O)OCc1ccccc1)NC(=O)OCc1ccccc1. The average Bonchev–Trinajstić information content (AvgIpc) is 2.94. The normalized spacial score (nSPS) is 12.5. The average molecular weight is 549 g/mol. The van der Waals surface area contributed by atoms with Gasteiger partial charge in [0.1, 0.15) is 13.2 Å². The summed E-state index contributed by atoms with van der Waals surface area (Å²) < 4.78 is 33.9. The molecular weight excluding hydrogens is 507 g/mol. The maximum atomic E-state index is 12.4. The van der Waals surface area contributed by atoms with Gasteiger partial charge in [0, 0.05) is 0 Å². The van der Waals surface area contributed by atoms with Crippen LogP contribution in [0.1, 0.15) is 63.5 Å². The van der Waals surface area contributed by atoms with Crippen molar-refractivity contribution < 1.29 is 32.7 Å². The van der Waals surface area contributed by atoms with Crippen molar-refractivity contribution >= 4 is 20.4 Å². The van der Waals surface area contributed by atoms with Crippen molar-refractivity contribution in [2.75, 3.05) is 13.2 Å². The molecular formula is C28H41N2O7P. The first kappa shape index (κ1) is 31.3. The lowest BCUT2D eigenvalue weighted by molar-refractivity contribution is 0.123. The van der Waals surface area contributed by atoms with Crippen molar-refractivity contribution in [2.45, 2.75) is 77.7 Å². The molecule has 2 rings (SSSR count). The molecule has 0 radical (unpaired) electrons. The van der Waals surface area contributed by atoms with E-state index in [2.05, 4.69) is 10.6 Å². The van der Waals surface area contributed by atoms with Gasteiger partial charge in [-0.2, -0.15) is 0 Å². The van der Waals surface area contributed by atoms with Gasteiger partial charge in [0.25, 0.3) is 0 Å². The third kappa shape index (κ3) is 14.2. The highest BCUT2D eigenvalue weighted by molar-refractivity contribution is 7.33. The maximum Gasteiger partial charge on any atom is 0.407 e. The van der Waals surface area contributed by atoms with Crippen LogP contribution in [0.3, 0.4) is 0 Å². The van der Waals surface area contributed by atoms with E-state index in [-0.39, 0.29) is 38.5 Å². The Bertz CT molecular complexity index is 871. The number of amides is 2. The molecule has 0 unspecified atom stereocenters. The third-order valence-electron chi connectivity index (χ3n) is 5.69. The molecule has 0 fully saturated rings. The summed E-state index contributed by atoms with van der Waals surface area (Å²) in [7, 11) is -2.84. The van der Waals surface area contributed by atoms with Gasteiger partial charge in [-0.25, -0.2) is 9.59 Å². The molecule has 0 aliphatic rings. The zero-order valence-electron chi connectivity index (χ0n) is 22.4. The number of benzene rings is 2. The molecule has 2 atom stereocenters.